The summed E-state index contributed by atoms with van der Waals surface area (Å²) in [6.45, 7) is 6.65. The minimum atomic E-state index is -0.226. The number of aryl methyl sites for hydroxylation is 1. The molecule has 0 bridgehead atoms. The van der Waals surface area contributed by atoms with Gasteiger partial charge >= 0.3 is 11.7 Å². The third-order valence-electron chi connectivity index (χ3n) is 4.55. The number of nitrogens with two attached hydrogens (primary N) is 1. The van der Waals surface area contributed by atoms with Crippen LogP contribution in [0.15, 0.2) is 4.79 Å². The van der Waals surface area contributed by atoms with Gasteiger partial charge in [-0.25, -0.2) is 4.79 Å². The smallest absolute Gasteiger partial charge is 0.327 e. The second kappa shape index (κ2) is 9.00. The Bertz CT molecular complexity index is 766. The van der Waals surface area contributed by atoms with Gasteiger partial charge in [0, 0.05) is 19.7 Å². The summed E-state index contributed by atoms with van der Waals surface area (Å²) >= 11 is 0. The number of anilines is 1. The van der Waals surface area contributed by atoms with Gasteiger partial charge in [0.25, 0.3) is 0 Å². The number of hydrogen-bond acceptors (Lipinski definition) is 7. The predicted octanol–water partition coefficient (Wildman–Crippen LogP) is 0.897. The highest BCUT2D eigenvalue weighted by Gasteiger charge is 2.16. The van der Waals surface area contributed by atoms with Gasteiger partial charge in [0.15, 0.2) is 11.5 Å². The van der Waals surface area contributed by atoms with Crippen LogP contribution in [-0.4, -0.2) is 52.4 Å². The van der Waals surface area contributed by atoms with E-state index >= 15 is 0 Å². The lowest BCUT2D eigenvalue weighted by atomic mass is 10.1. The minimum absolute atomic E-state index is 0.218. The van der Waals surface area contributed by atoms with Crippen LogP contribution in [0.3, 0.4) is 0 Å². The Kier molecular flexibility index (Phi) is 6.45. The number of nitrogens with zero attached hydrogens (tertiary/aromatic N) is 3. The molecule has 0 radical (unpaired) electrons. The van der Waals surface area contributed by atoms with Crippen molar-refractivity contribution in [3.8, 4) is 6.01 Å². The normalized spacial score (nSPS) is 17.2. The van der Waals surface area contributed by atoms with E-state index < -0.39 is 0 Å². The summed E-state index contributed by atoms with van der Waals surface area (Å²) in [5.74, 6) is 0.831. The first-order chi connectivity index (χ1) is 12.7. The van der Waals surface area contributed by atoms with Crippen molar-refractivity contribution >= 4 is 17.0 Å². The Labute approximate surface area is 152 Å². The van der Waals surface area contributed by atoms with Crippen LogP contribution in [0.4, 0.5) is 5.82 Å². The number of H-pyrrole nitrogens is 1. The van der Waals surface area contributed by atoms with Crippen molar-refractivity contribution in [2.45, 2.75) is 39.2 Å². The molecule has 1 fully saturated rings. The summed E-state index contributed by atoms with van der Waals surface area (Å²) in [6.07, 6.45) is 3.87. The third kappa shape index (κ3) is 4.53. The fourth-order valence-electron chi connectivity index (χ4n) is 3.02. The zero-order chi connectivity index (χ0) is 18.4. The number of nitrogen functional groups attached to an aromatic ring is 1. The number of aromatic nitrogens is 4. The third-order valence-corrected chi connectivity index (χ3v) is 4.55. The summed E-state index contributed by atoms with van der Waals surface area (Å²) in [5, 5.41) is 3.43. The van der Waals surface area contributed by atoms with Crippen LogP contribution in [-0.2, 0) is 11.3 Å². The zero-order valence-electron chi connectivity index (χ0n) is 15.3. The lowest BCUT2D eigenvalue weighted by molar-refractivity contribution is 0.185. The Morgan fingerprint density at radius 1 is 1.42 bits per heavy atom. The van der Waals surface area contributed by atoms with Crippen LogP contribution in [0.2, 0.25) is 0 Å². The fourth-order valence-corrected chi connectivity index (χ4v) is 3.02. The molecule has 0 aromatic carbocycles. The van der Waals surface area contributed by atoms with Crippen molar-refractivity contribution in [2.75, 3.05) is 38.6 Å². The number of ether oxygens (including phenoxy) is 2. The summed E-state index contributed by atoms with van der Waals surface area (Å²) in [4.78, 5) is 23.5. The molecule has 0 spiro atoms. The van der Waals surface area contributed by atoms with Crippen LogP contribution in [0.5, 0.6) is 6.01 Å². The molecule has 4 N–H and O–H groups in total. The minimum Gasteiger partial charge on any atom is -0.463 e. The van der Waals surface area contributed by atoms with Gasteiger partial charge in [-0.1, -0.05) is 13.3 Å². The van der Waals surface area contributed by atoms with Gasteiger partial charge in [-0.3, -0.25) is 4.57 Å². The molecule has 0 saturated carbocycles. The number of imidazole rings is 1. The molecule has 1 atom stereocenters. The van der Waals surface area contributed by atoms with Gasteiger partial charge in [-0.2, -0.15) is 9.97 Å². The van der Waals surface area contributed by atoms with Crippen molar-refractivity contribution in [3.05, 3.63) is 10.5 Å². The molecule has 3 heterocycles. The van der Waals surface area contributed by atoms with E-state index in [1.807, 2.05) is 0 Å². The van der Waals surface area contributed by atoms with Crippen molar-refractivity contribution in [1.29, 1.82) is 0 Å². The van der Waals surface area contributed by atoms with Gasteiger partial charge in [-0.15, -0.1) is 0 Å². The molecule has 26 heavy (non-hydrogen) atoms. The molecule has 9 heteroatoms. The van der Waals surface area contributed by atoms with Gasteiger partial charge < -0.3 is 25.5 Å². The Morgan fingerprint density at radius 2 is 2.31 bits per heavy atom. The van der Waals surface area contributed by atoms with Crippen LogP contribution in [0.25, 0.3) is 11.2 Å². The fraction of sp³-hybridized carbons (Fsp3) is 0.706. The molecule has 1 aliphatic heterocycles. The molecule has 2 aromatic heterocycles. The average Bonchev–Trinajstić information content (AvgIpc) is 3.24. The number of hydrogen-bond donors (Lipinski definition) is 3. The van der Waals surface area contributed by atoms with E-state index in [1.165, 1.54) is 0 Å². The molecular weight excluding hydrogens is 336 g/mol. The average molecular weight is 364 g/mol. The van der Waals surface area contributed by atoms with Crippen molar-refractivity contribution in [3.63, 3.8) is 0 Å². The highest BCUT2D eigenvalue weighted by atomic mass is 16.5. The van der Waals surface area contributed by atoms with Crippen LogP contribution in [0.1, 0.15) is 32.6 Å². The van der Waals surface area contributed by atoms with Gasteiger partial charge in [0.2, 0.25) is 0 Å². The predicted molar refractivity (Wildman–Crippen MR) is 99.4 cm³/mol. The molecule has 0 aliphatic carbocycles. The number of aromatic amines is 1. The van der Waals surface area contributed by atoms with E-state index in [9.17, 15) is 4.79 Å². The number of rotatable bonds is 10. The van der Waals surface area contributed by atoms with E-state index in [-0.39, 0.29) is 17.5 Å². The first kappa shape index (κ1) is 18.7. The topological polar surface area (TPSA) is 120 Å². The molecule has 144 valence electrons. The van der Waals surface area contributed by atoms with Gasteiger partial charge in [0.05, 0.1) is 13.2 Å². The lowest BCUT2D eigenvalue weighted by Crippen LogP contribution is -2.26. The first-order valence-electron chi connectivity index (χ1n) is 9.36. The quantitative estimate of drug-likeness (QED) is 0.536. The second-order valence-corrected chi connectivity index (χ2v) is 6.66. The van der Waals surface area contributed by atoms with E-state index in [0.29, 0.717) is 30.2 Å². The Morgan fingerprint density at radius 3 is 3.08 bits per heavy atom. The summed E-state index contributed by atoms with van der Waals surface area (Å²) in [6, 6.07) is 0.218. The zero-order valence-corrected chi connectivity index (χ0v) is 15.3. The van der Waals surface area contributed by atoms with E-state index in [4.69, 9.17) is 15.2 Å². The monoisotopic (exact) mass is 364 g/mol. The summed E-state index contributed by atoms with van der Waals surface area (Å²) in [7, 11) is 0. The summed E-state index contributed by atoms with van der Waals surface area (Å²) in [5.41, 5.74) is 6.69. The number of unbranched alkanes of at least 4 members (excludes halogenated alkanes) is 1. The molecular formula is C17H28N6O3. The maximum Gasteiger partial charge on any atom is 0.327 e. The molecule has 3 rings (SSSR count). The molecule has 1 saturated heterocycles. The second-order valence-electron chi connectivity index (χ2n) is 6.66. The van der Waals surface area contributed by atoms with Crippen LogP contribution < -0.4 is 21.5 Å². The van der Waals surface area contributed by atoms with E-state index in [1.54, 1.807) is 4.57 Å². The SMILES string of the molecule is CCCCOc1nc(N)c2[nH]c(=O)n(CCCNC[C@H]3CCOC3)c2n1. The largest absolute Gasteiger partial charge is 0.463 e. The number of nitrogens with one attached hydrogen (secondary N) is 2. The van der Waals surface area contributed by atoms with E-state index in [0.717, 1.165) is 52.0 Å². The maximum atomic E-state index is 12.2. The molecule has 2 aromatic rings. The lowest BCUT2D eigenvalue weighted by Gasteiger charge is -2.09. The van der Waals surface area contributed by atoms with Gasteiger partial charge in [0.1, 0.15) is 5.52 Å². The standard InChI is InChI=1S/C17H28N6O3/c1-2-3-8-26-16-21-14(18)13-15(22-16)23(17(24)20-13)7-4-6-19-10-12-5-9-25-11-12/h12,19H,2-11H2,1H3,(H,20,24)(H2,18,21,22)/t12-/m1/s1. The van der Waals surface area contributed by atoms with Crippen LogP contribution >= 0.6 is 0 Å². The molecule has 9 nitrogen and oxygen atoms in total. The van der Waals surface area contributed by atoms with E-state index in [2.05, 4.69) is 27.2 Å². The number of fused-ring (bicyclic) bond motifs is 1. The van der Waals surface area contributed by atoms with Crippen molar-refractivity contribution in [2.24, 2.45) is 5.92 Å². The molecule has 0 unspecified atom stereocenters. The van der Waals surface area contributed by atoms with Crippen molar-refractivity contribution in [1.82, 2.24) is 24.8 Å². The maximum absolute atomic E-state index is 12.2. The molecule has 0 amide bonds. The van der Waals surface area contributed by atoms with Crippen molar-refractivity contribution < 1.29 is 9.47 Å². The Balaban J connectivity index is 1.61. The van der Waals surface area contributed by atoms with Crippen LogP contribution in [0, 0.1) is 5.92 Å². The Hall–Kier alpha value is -2.13. The summed E-state index contributed by atoms with van der Waals surface area (Å²) < 4.78 is 12.5. The van der Waals surface area contributed by atoms with Gasteiger partial charge in [-0.05, 0) is 31.7 Å². The highest BCUT2D eigenvalue weighted by Crippen LogP contribution is 2.18. The highest BCUT2D eigenvalue weighted by molar-refractivity contribution is 5.81. The molecule has 1 aliphatic rings. The first-order valence-corrected chi connectivity index (χ1v) is 9.36.